The minimum absolute atomic E-state index is 0.00391. The second-order valence-corrected chi connectivity index (χ2v) is 5.27. The highest BCUT2D eigenvalue weighted by Gasteiger charge is 2.16. The van der Waals surface area contributed by atoms with Crippen molar-refractivity contribution in [2.24, 2.45) is 6.98 Å². The third-order valence-electron chi connectivity index (χ3n) is 3.02. The van der Waals surface area contributed by atoms with E-state index < -0.39 is 24.7 Å². The molecule has 3 aromatic heterocycles. The number of imidazole rings is 1. The summed E-state index contributed by atoms with van der Waals surface area (Å²) in [6.45, 7) is -0.801. The molecule has 0 bridgehead atoms. The molecule has 8 nitrogen and oxygen atoms in total. The van der Waals surface area contributed by atoms with Gasteiger partial charge in [-0.15, -0.1) is 0 Å². The van der Waals surface area contributed by atoms with Crippen molar-refractivity contribution in [3.63, 3.8) is 0 Å². The van der Waals surface area contributed by atoms with Gasteiger partial charge in [-0.3, -0.25) is 4.98 Å². The number of aromatic nitrogens is 6. The summed E-state index contributed by atoms with van der Waals surface area (Å²) in [5.74, 6) is -1.47. The lowest BCUT2D eigenvalue weighted by molar-refractivity contribution is 0.549. The second kappa shape index (κ2) is 6.93. The van der Waals surface area contributed by atoms with Gasteiger partial charge in [0, 0.05) is 23.4 Å². The molecular formula is C14H13ClF2N8. The van der Waals surface area contributed by atoms with Crippen molar-refractivity contribution >= 4 is 29.3 Å². The van der Waals surface area contributed by atoms with Gasteiger partial charge in [0.1, 0.15) is 11.6 Å². The van der Waals surface area contributed by atoms with E-state index in [2.05, 4.69) is 35.6 Å². The highest BCUT2D eigenvalue weighted by Crippen LogP contribution is 2.20. The van der Waals surface area contributed by atoms with E-state index in [0.717, 1.165) is 23.2 Å². The topological polar surface area (TPSA) is 93.4 Å². The SMILES string of the molecule is [2H]C([2H])([2H])n1cnc(Nc2nc(Cl)nc(NC(C)c3ncc(F)cc3F)n2)c1. The first-order valence-electron chi connectivity index (χ1n) is 8.42. The van der Waals surface area contributed by atoms with Crippen LogP contribution in [0.5, 0.6) is 0 Å². The number of nitrogens with one attached hydrogen (secondary N) is 2. The number of anilines is 3. The van der Waals surface area contributed by atoms with E-state index in [4.69, 9.17) is 15.7 Å². The van der Waals surface area contributed by atoms with Crippen molar-refractivity contribution < 1.29 is 12.9 Å². The molecule has 3 heterocycles. The first-order valence-corrected chi connectivity index (χ1v) is 7.30. The molecule has 0 radical (unpaired) electrons. The molecule has 130 valence electrons. The molecule has 11 heteroatoms. The Balaban J connectivity index is 1.78. The molecule has 1 atom stereocenters. The number of pyridine rings is 1. The van der Waals surface area contributed by atoms with Crippen molar-refractivity contribution in [3.05, 3.63) is 47.4 Å². The number of rotatable bonds is 5. The quantitative estimate of drug-likeness (QED) is 0.714. The van der Waals surface area contributed by atoms with Crippen molar-refractivity contribution in [1.29, 1.82) is 0 Å². The summed E-state index contributed by atoms with van der Waals surface area (Å²) < 4.78 is 49.8. The molecule has 2 N–H and O–H groups in total. The Bertz CT molecular complexity index is 997. The van der Waals surface area contributed by atoms with Gasteiger partial charge in [-0.2, -0.15) is 15.0 Å². The van der Waals surface area contributed by atoms with Crippen molar-refractivity contribution in [3.8, 4) is 0 Å². The van der Waals surface area contributed by atoms with E-state index in [1.165, 1.54) is 6.20 Å². The number of hydrogen-bond acceptors (Lipinski definition) is 7. The van der Waals surface area contributed by atoms with Crippen LogP contribution < -0.4 is 10.6 Å². The Kier molecular flexibility index (Phi) is 3.72. The van der Waals surface area contributed by atoms with E-state index in [1.54, 1.807) is 6.92 Å². The predicted molar refractivity (Wildman–Crippen MR) is 87.5 cm³/mol. The summed E-state index contributed by atoms with van der Waals surface area (Å²) in [7, 11) is 0. The second-order valence-electron chi connectivity index (χ2n) is 4.93. The molecule has 3 rings (SSSR count). The zero-order chi connectivity index (χ0) is 20.5. The maximum Gasteiger partial charge on any atom is 0.234 e. The van der Waals surface area contributed by atoms with Crippen LogP contribution >= 0.6 is 11.6 Å². The lowest BCUT2D eigenvalue weighted by Crippen LogP contribution is -2.14. The van der Waals surface area contributed by atoms with Crippen LogP contribution in [0, 0.1) is 11.6 Å². The minimum atomic E-state index is -2.38. The van der Waals surface area contributed by atoms with Crippen LogP contribution in [0.2, 0.25) is 5.28 Å². The average Bonchev–Trinajstić information content (AvgIpc) is 3.02. The smallest absolute Gasteiger partial charge is 0.234 e. The molecule has 25 heavy (non-hydrogen) atoms. The van der Waals surface area contributed by atoms with Gasteiger partial charge in [-0.05, 0) is 18.5 Å². The van der Waals surface area contributed by atoms with Crippen molar-refractivity contribution in [2.75, 3.05) is 10.6 Å². The molecule has 0 saturated heterocycles. The Labute approximate surface area is 150 Å². The lowest BCUT2D eigenvalue weighted by Gasteiger charge is -2.14. The zero-order valence-corrected chi connectivity index (χ0v) is 13.5. The molecular weight excluding hydrogens is 354 g/mol. The molecule has 0 saturated carbocycles. The standard InChI is InChI=1S/C14H13ClF2N8/c1-7(11-9(17)3-8(16)4-18-11)20-13-22-12(15)23-14(24-13)21-10-5-25(2)6-19-10/h3-7H,1-2H3,(H2,20,21,22,23,24)/i2D3. The van der Waals surface area contributed by atoms with Crippen LogP contribution in [0.4, 0.5) is 26.5 Å². The molecule has 0 fully saturated rings. The van der Waals surface area contributed by atoms with Crippen LogP contribution in [0.3, 0.4) is 0 Å². The van der Waals surface area contributed by atoms with Gasteiger partial charge >= 0.3 is 0 Å². The van der Waals surface area contributed by atoms with Gasteiger partial charge in [-0.1, -0.05) is 0 Å². The van der Waals surface area contributed by atoms with E-state index in [1.807, 2.05) is 0 Å². The maximum atomic E-state index is 13.9. The molecule has 1 unspecified atom stereocenters. The van der Waals surface area contributed by atoms with Gasteiger partial charge < -0.3 is 15.2 Å². The third-order valence-corrected chi connectivity index (χ3v) is 3.19. The van der Waals surface area contributed by atoms with Crippen molar-refractivity contribution in [2.45, 2.75) is 13.0 Å². The molecule has 0 aliphatic rings. The number of hydrogen-bond donors (Lipinski definition) is 2. The summed E-state index contributed by atoms with van der Waals surface area (Å²) in [5.41, 5.74) is -0.0381. The van der Waals surface area contributed by atoms with E-state index in [-0.39, 0.29) is 28.7 Å². The molecule has 0 aromatic carbocycles. The van der Waals surface area contributed by atoms with Crippen LogP contribution in [-0.2, 0) is 6.98 Å². The molecule has 0 aliphatic heterocycles. The fraction of sp³-hybridized carbons (Fsp3) is 0.214. The summed E-state index contributed by atoms with van der Waals surface area (Å²) in [4.78, 5) is 19.4. The van der Waals surface area contributed by atoms with Gasteiger partial charge in [0.25, 0.3) is 0 Å². The number of halogens is 3. The van der Waals surface area contributed by atoms with Crippen LogP contribution in [-0.4, -0.2) is 29.5 Å². The average molecular weight is 370 g/mol. The fourth-order valence-corrected chi connectivity index (χ4v) is 2.14. The molecule has 0 amide bonds. The third kappa shape index (κ3) is 4.15. The summed E-state index contributed by atoms with van der Waals surface area (Å²) in [6.07, 6.45) is 3.27. The van der Waals surface area contributed by atoms with Crippen LogP contribution in [0.25, 0.3) is 0 Å². The van der Waals surface area contributed by atoms with Gasteiger partial charge in [-0.25, -0.2) is 13.8 Å². The molecule has 0 aliphatic carbocycles. The van der Waals surface area contributed by atoms with E-state index in [9.17, 15) is 8.78 Å². The first kappa shape index (κ1) is 13.4. The number of aryl methyl sites for hydroxylation is 1. The van der Waals surface area contributed by atoms with Gasteiger partial charge in [0.05, 0.1) is 24.3 Å². The Morgan fingerprint density at radius 1 is 1.24 bits per heavy atom. The van der Waals surface area contributed by atoms with E-state index in [0.29, 0.717) is 0 Å². The zero-order valence-electron chi connectivity index (χ0n) is 15.7. The van der Waals surface area contributed by atoms with E-state index >= 15 is 0 Å². The summed E-state index contributed by atoms with van der Waals surface area (Å²) in [6, 6.07) is 0.0106. The molecule has 3 aromatic rings. The normalized spacial score (nSPS) is 14.3. The Morgan fingerprint density at radius 3 is 2.76 bits per heavy atom. The highest BCUT2D eigenvalue weighted by atomic mass is 35.5. The van der Waals surface area contributed by atoms with Crippen molar-refractivity contribution in [1.82, 2.24) is 29.5 Å². The Morgan fingerprint density at radius 2 is 2.04 bits per heavy atom. The maximum absolute atomic E-state index is 13.9. The minimum Gasteiger partial charge on any atom is -0.346 e. The highest BCUT2D eigenvalue weighted by molar-refractivity contribution is 6.28. The lowest BCUT2D eigenvalue weighted by atomic mass is 10.2. The number of nitrogens with zero attached hydrogens (tertiary/aromatic N) is 6. The summed E-state index contributed by atoms with van der Waals surface area (Å²) in [5, 5.41) is 5.32. The summed E-state index contributed by atoms with van der Waals surface area (Å²) >= 11 is 5.88. The largest absolute Gasteiger partial charge is 0.346 e. The predicted octanol–water partition coefficient (Wildman–Crippen LogP) is 2.85. The van der Waals surface area contributed by atoms with Crippen LogP contribution in [0.1, 0.15) is 22.8 Å². The fourth-order valence-electron chi connectivity index (χ4n) is 1.98. The monoisotopic (exact) mass is 369 g/mol. The van der Waals surface area contributed by atoms with Gasteiger partial charge in [0.15, 0.2) is 5.82 Å². The Hall–Kier alpha value is -2.88. The first-order chi connectivity index (χ1) is 13.1. The van der Waals surface area contributed by atoms with Gasteiger partial charge in [0.2, 0.25) is 17.2 Å². The molecule has 0 spiro atoms. The van der Waals surface area contributed by atoms with Crippen LogP contribution in [0.15, 0.2) is 24.8 Å².